The summed E-state index contributed by atoms with van der Waals surface area (Å²) in [4.78, 5) is 30.5. The molecule has 1 heterocycles. The predicted octanol–water partition coefficient (Wildman–Crippen LogP) is 2.05. The number of piperazine rings is 1. The summed E-state index contributed by atoms with van der Waals surface area (Å²) < 4.78 is 0. The van der Waals surface area contributed by atoms with Crippen LogP contribution >= 0.6 is 0 Å². The zero-order valence-electron chi connectivity index (χ0n) is 18.6. The number of guanidine groups is 1. The molecular formula is C25H31N5O2. The van der Waals surface area contributed by atoms with Crippen LogP contribution in [0.5, 0.6) is 0 Å². The van der Waals surface area contributed by atoms with E-state index in [0.717, 1.165) is 24.6 Å². The van der Waals surface area contributed by atoms with E-state index in [9.17, 15) is 9.59 Å². The first-order chi connectivity index (χ1) is 15.6. The minimum atomic E-state index is -0.112. The van der Waals surface area contributed by atoms with Gasteiger partial charge in [-0.3, -0.25) is 9.59 Å². The highest BCUT2D eigenvalue weighted by Crippen LogP contribution is 2.47. The fraction of sp³-hybridized carbons (Fsp3) is 0.400. The highest BCUT2D eigenvalue weighted by molar-refractivity contribution is 5.97. The maximum Gasteiger partial charge on any atom is 0.254 e. The zero-order chi connectivity index (χ0) is 22.4. The summed E-state index contributed by atoms with van der Waals surface area (Å²) in [6.07, 6.45) is 2.38. The van der Waals surface area contributed by atoms with E-state index in [1.807, 2.05) is 24.3 Å². The number of nitrogens with one attached hydrogen (secondary N) is 3. The second kappa shape index (κ2) is 9.85. The second-order valence-electron chi connectivity index (χ2n) is 8.47. The molecule has 2 fully saturated rings. The molecule has 1 aliphatic carbocycles. The number of nitrogens with zero attached hydrogens (tertiary/aromatic N) is 2. The first kappa shape index (κ1) is 21.9. The van der Waals surface area contributed by atoms with Gasteiger partial charge in [-0.15, -0.1) is 0 Å². The van der Waals surface area contributed by atoms with Crippen LogP contribution in [-0.2, 0) is 16.8 Å². The van der Waals surface area contributed by atoms with E-state index in [1.165, 1.54) is 18.4 Å². The quantitative estimate of drug-likeness (QED) is 0.461. The summed E-state index contributed by atoms with van der Waals surface area (Å²) in [7, 11) is 0. The topological polar surface area (TPSA) is 85.8 Å². The molecule has 1 aliphatic heterocycles. The normalized spacial score (nSPS) is 17.5. The Labute approximate surface area is 189 Å². The summed E-state index contributed by atoms with van der Waals surface area (Å²) in [6.45, 7) is 5.40. The van der Waals surface area contributed by atoms with Crippen LogP contribution in [0, 0.1) is 0 Å². The molecule has 2 aromatic rings. The Hall–Kier alpha value is -3.35. The number of carbonyl (C=O) groups is 2. The predicted molar refractivity (Wildman–Crippen MR) is 126 cm³/mol. The molecule has 0 spiro atoms. The van der Waals surface area contributed by atoms with E-state index >= 15 is 0 Å². The number of amides is 2. The van der Waals surface area contributed by atoms with Crippen LogP contribution in [0.15, 0.2) is 59.6 Å². The Balaban J connectivity index is 1.35. The van der Waals surface area contributed by atoms with Crippen molar-refractivity contribution in [1.82, 2.24) is 20.9 Å². The number of hydrogen-bond acceptors (Lipinski definition) is 3. The molecule has 3 N–H and O–H groups in total. The minimum Gasteiger partial charge on any atom is -0.357 e. The lowest BCUT2D eigenvalue weighted by Crippen LogP contribution is -2.49. The van der Waals surface area contributed by atoms with Crippen LogP contribution in [0.2, 0.25) is 0 Å². The van der Waals surface area contributed by atoms with Gasteiger partial charge in [-0.25, -0.2) is 4.99 Å². The van der Waals surface area contributed by atoms with Gasteiger partial charge in [-0.1, -0.05) is 42.5 Å². The van der Waals surface area contributed by atoms with Crippen molar-refractivity contribution in [3.05, 3.63) is 71.3 Å². The molecule has 4 rings (SSSR count). The number of aliphatic imine (C=N–C) groups is 1. The van der Waals surface area contributed by atoms with Crippen molar-refractivity contribution in [3.8, 4) is 0 Å². The van der Waals surface area contributed by atoms with Gasteiger partial charge in [0.15, 0.2) is 5.96 Å². The molecule has 0 radical (unpaired) electrons. The van der Waals surface area contributed by atoms with Crippen molar-refractivity contribution in [2.75, 3.05) is 32.7 Å². The third-order valence-corrected chi connectivity index (χ3v) is 6.12. The molecule has 2 amide bonds. The maximum absolute atomic E-state index is 12.6. The molecule has 0 unspecified atom stereocenters. The van der Waals surface area contributed by atoms with Gasteiger partial charge in [-0.05, 0) is 43.0 Å². The van der Waals surface area contributed by atoms with E-state index in [1.54, 1.807) is 4.90 Å². The number of carbonyl (C=O) groups excluding carboxylic acids is 2. The highest BCUT2D eigenvalue weighted by atomic mass is 16.2. The van der Waals surface area contributed by atoms with Gasteiger partial charge in [-0.2, -0.15) is 0 Å². The lowest BCUT2D eigenvalue weighted by atomic mass is 9.96. The second-order valence-corrected chi connectivity index (χ2v) is 8.47. The number of hydrogen-bond donors (Lipinski definition) is 3. The van der Waals surface area contributed by atoms with E-state index in [0.29, 0.717) is 25.2 Å². The van der Waals surface area contributed by atoms with Crippen LogP contribution < -0.4 is 16.0 Å². The molecule has 7 nitrogen and oxygen atoms in total. The zero-order valence-corrected chi connectivity index (χ0v) is 18.6. The number of rotatable bonds is 7. The van der Waals surface area contributed by atoms with Gasteiger partial charge in [0.25, 0.3) is 5.91 Å². The van der Waals surface area contributed by atoms with Crippen LogP contribution in [0.3, 0.4) is 0 Å². The Morgan fingerprint density at radius 2 is 1.84 bits per heavy atom. The average Bonchev–Trinajstić information content (AvgIpc) is 3.62. The first-order valence-electron chi connectivity index (χ1n) is 11.3. The molecule has 0 aromatic heterocycles. The van der Waals surface area contributed by atoms with Gasteiger partial charge in [0, 0.05) is 37.2 Å². The van der Waals surface area contributed by atoms with E-state index in [4.69, 9.17) is 4.99 Å². The third kappa shape index (κ3) is 5.28. The van der Waals surface area contributed by atoms with Crippen LogP contribution in [0.1, 0.15) is 41.3 Å². The van der Waals surface area contributed by atoms with Gasteiger partial charge >= 0.3 is 0 Å². The Morgan fingerprint density at radius 1 is 1.09 bits per heavy atom. The smallest absolute Gasteiger partial charge is 0.254 e. The van der Waals surface area contributed by atoms with Gasteiger partial charge in [0.1, 0.15) is 0 Å². The maximum atomic E-state index is 12.6. The summed E-state index contributed by atoms with van der Waals surface area (Å²) in [5.74, 6) is 0.578. The lowest BCUT2D eigenvalue weighted by Gasteiger charge is -2.26. The van der Waals surface area contributed by atoms with Crippen molar-refractivity contribution < 1.29 is 9.59 Å². The highest BCUT2D eigenvalue weighted by Gasteiger charge is 2.44. The van der Waals surface area contributed by atoms with Crippen LogP contribution in [0.25, 0.3) is 0 Å². The number of benzene rings is 2. The van der Waals surface area contributed by atoms with Gasteiger partial charge in [0.2, 0.25) is 5.91 Å². The third-order valence-electron chi connectivity index (χ3n) is 6.12. The Kier molecular flexibility index (Phi) is 6.73. The summed E-state index contributed by atoms with van der Waals surface area (Å²) in [6, 6.07) is 18.2. The summed E-state index contributed by atoms with van der Waals surface area (Å²) in [5, 5.41) is 9.57. The van der Waals surface area contributed by atoms with Crippen LogP contribution in [-0.4, -0.2) is 55.4 Å². The average molecular weight is 434 g/mol. The Bertz CT molecular complexity index is 968. The van der Waals surface area contributed by atoms with Crippen molar-refractivity contribution in [3.63, 3.8) is 0 Å². The summed E-state index contributed by atoms with van der Waals surface area (Å²) >= 11 is 0. The fourth-order valence-corrected chi connectivity index (χ4v) is 4.02. The van der Waals surface area contributed by atoms with Gasteiger partial charge < -0.3 is 20.9 Å². The van der Waals surface area contributed by atoms with Crippen molar-refractivity contribution >= 4 is 17.8 Å². The molecule has 2 aromatic carbocycles. The molecule has 32 heavy (non-hydrogen) atoms. The van der Waals surface area contributed by atoms with E-state index < -0.39 is 0 Å². The Morgan fingerprint density at radius 3 is 2.50 bits per heavy atom. The minimum absolute atomic E-state index is 0.111. The fourth-order valence-electron chi connectivity index (χ4n) is 4.02. The molecule has 168 valence electrons. The van der Waals surface area contributed by atoms with Crippen molar-refractivity contribution in [2.24, 2.45) is 4.99 Å². The molecule has 0 bridgehead atoms. The molecule has 0 atom stereocenters. The molecule has 7 heteroatoms. The van der Waals surface area contributed by atoms with Crippen LogP contribution in [0.4, 0.5) is 0 Å². The monoisotopic (exact) mass is 433 g/mol. The molecular weight excluding hydrogens is 402 g/mol. The SMILES string of the molecule is CCNC(=NCc1ccc(C(=O)N2CCNC(=O)C2)cc1)NCC1(c2ccccc2)CC1. The van der Waals surface area contributed by atoms with E-state index in [2.05, 4.69) is 53.2 Å². The first-order valence-corrected chi connectivity index (χ1v) is 11.3. The standard InChI is InChI=1S/C25H31N5O2/c1-2-26-24(29-18-25(12-13-25)21-6-4-3-5-7-21)28-16-19-8-10-20(11-9-19)23(32)30-15-14-27-22(31)17-30/h3-11H,2,12-18H2,1H3,(H,27,31)(H2,26,28,29). The van der Waals surface area contributed by atoms with Crippen molar-refractivity contribution in [2.45, 2.75) is 31.7 Å². The molecule has 1 saturated heterocycles. The molecule has 1 saturated carbocycles. The summed E-state index contributed by atoms with van der Waals surface area (Å²) in [5.41, 5.74) is 3.22. The largest absolute Gasteiger partial charge is 0.357 e. The lowest BCUT2D eigenvalue weighted by molar-refractivity contribution is -0.123. The van der Waals surface area contributed by atoms with E-state index in [-0.39, 0.29) is 23.8 Å². The molecule has 2 aliphatic rings. The van der Waals surface area contributed by atoms with Gasteiger partial charge in [0.05, 0.1) is 13.1 Å². The van der Waals surface area contributed by atoms with Crippen molar-refractivity contribution in [1.29, 1.82) is 0 Å².